The van der Waals surface area contributed by atoms with Crippen LogP contribution in [0, 0.1) is 5.92 Å². The van der Waals surface area contributed by atoms with Crippen LogP contribution in [0.1, 0.15) is 22.3 Å². The summed E-state index contributed by atoms with van der Waals surface area (Å²) in [7, 11) is 1.30. The second kappa shape index (κ2) is 8.22. The molecule has 140 valence electrons. The largest absolute Gasteiger partial charge is 0.465 e. The number of likely N-dealkylation sites (tertiary alicyclic amines) is 1. The lowest BCUT2D eigenvalue weighted by atomic mass is 10.1. The van der Waals surface area contributed by atoms with E-state index in [9.17, 15) is 14.4 Å². The van der Waals surface area contributed by atoms with Crippen LogP contribution < -0.4 is 5.32 Å². The van der Waals surface area contributed by atoms with Gasteiger partial charge in [0.1, 0.15) is 0 Å². The second-order valence-corrected chi connectivity index (χ2v) is 6.80. The zero-order valence-corrected chi connectivity index (χ0v) is 15.5. The molecule has 0 aliphatic carbocycles. The van der Waals surface area contributed by atoms with E-state index in [-0.39, 0.29) is 18.2 Å². The third kappa shape index (κ3) is 4.65. The van der Waals surface area contributed by atoms with Gasteiger partial charge in [-0.05, 0) is 35.9 Å². The van der Waals surface area contributed by atoms with E-state index in [4.69, 9.17) is 11.6 Å². The number of benzene rings is 2. The molecule has 1 heterocycles. The van der Waals surface area contributed by atoms with E-state index in [1.165, 1.54) is 7.11 Å². The number of nitrogens with zero attached hydrogens (tertiary/aromatic N) is 1. The van der Waals surface area contributed by atoms with E-state index in [0.717, 1.165) is 5.56 Å². The number of carbonyl (C=O) groups excluding carboxylic acids is 3. The minimum absolute atomic E-state index is 0.0617. The maximum Gasteiger partial charge on any atom is 0.337 e. The highest BCUT2D eigenvalue weighted by Gasteiger charge is 2.34. The Morgan fingerprint density at radius 1 is 1.22 bits per heavy atom. The smallest absolute Gasteiger partial charge is 0.337 e. The number of anilines is 1. The molecule has 3 rings (SSSR count). The van der Waals surface area contributed by atoms with Crippen molar-refractivity contribution in [3.05, 3.63) is 64.7 Å². The third-order valence-corrected chi connectivity index (χ3v) is 4.68. The highest BCUT2D eigenvalue weighted by atomic mass is 35.5. The van der Waals surface area contributed by atoms with Crippen molar-refractivity contribution < 1.29 is 19.1 Å². The van der Waals surface area contributed by atoms with Crippen LogP contribution in [0.15, 0.2) is 48.5 Å². The molecule has 1 aliphatic heterocycles. The maximum absolute atomic E-state index is 12.5. The summed E-state index contributed by atoms with van der Waals surface area (Å²) < 4.78 is 4.68. The number of ether oxygens (including phenoxy) is 1. The van der Waals surface area contributed by atoms with Gasteiger partial charge < -0.3 is 15.0 Å². The molecule has 7 heteroatoms. The van der Waals surface area contributed by atoms with Crippen molar-refractivity contribution in [2.75, 3.05) is 19.0 Å². The first-order valence-corrected chi connectivity index (χ1v) is 8.85. The van der Waals surface area contributed by atoms with E-state index in [1.54, 1.807) is 41.3 Å². The molecule has 1 N–H and O–H groups in total. The predicted octanol–water partition coefficient (Wildman–Crippen LogP) is 3.11. The summed E-state index contributed by atoms with van der Waals surface area (Å²) in [5.41, 5.74) is 1.80. The molecular formula is C20H19ClN2O4. The Balaban J connectivity index is 1.62. The van der Waals surface area contributed by atoms with Crippen molar-refractivity contribution in [1.29, 1.82) is 0 Å². The Labute approximate surface area is 162 Å². The van der Waals surface area contributed by atoms with Gasteiger partial charge in [-0.2, -0.15) is 0 Å². The van der Waals surface area contributed by atoms with Crippen molar-refractivity contribution >= 4 is 35.1 Å². The van der Waals surface area contributed by atoms with E-state index in [1.807, 2.05) is 12.1 Å². The van der Waals surface area contributed by atoms with Crippen LogP contribution in [0.3, 0.4) is 0 Å². The molecule has 2 aromatic rings. The Morgan fingerprint density at radius 2 is 1.96 bits per heavy atom. The number of hydrogen-bond donors (Lipinski definition) is 1. The molecule has 0 radical (unpaired) electrons. The highest BCUT2D eigenvalue weighted by Crippen LogP contribution is 2.23. The van der Waals surface area contributed by atoms with Crippen LogP contribution in [0.5, 0.6) is 0 Å². The van der Waals surface area contributed by atoms with Crippen LogP contribution in [0.4, 0.5) is 5.69 Å². The van der Waals surface area contributed by atoms with Gasteiger partial charge in [0.15, 0.2) is 0 Å². The number of hydrogen-bond acceptors (Lipinski definition) is 4. The van der Waals surface area contributed by atoms with E-state index in [2.05, 4.69) is 10.1 Å². The summed E-state index contributed by atoms with van der Waals surface area (Å²) in [4.78, 5) is 38.0. The summed E-state index contributed by atoms with van der Waals surface area (Å²) in [6, 6.07) is 13.8. The van der Waals surface area contributed by atoms with Crippen LogP contribution in [0.25, 0.3) is 0 Å². The van der Waals surface area contributed by atoms with Gasteiger partial charge >= 0.3 is 5.97 Å². The van der Waals surface area contributed by atoms with E-state index >= 15 is 0 Å². The molecule has 27 heavy (non-hydrogen) atoms. The number of methoxy groups -OCH3 is 1. The molecule has 0 aromatic heterocycles. The van der Waals surface area contributed by atoms with Gasteiger partial charge in [0.25, 0.3) is 0 Å². The number of amides is 2. The topological polar surface area (TPSA) is 75.7 Å². The van der Waals surface area contributed by atoms with Crippen molar-refractivity contribution in [2.24, 2.45) is 5.92 Å². The summed E-state index contributed by atoms with van der Waals surface area (Å²) >= 11 is 5.88. The summed E-state index contributed by atoms with van der Waals surface area (Å²) in [5, 5.41) is 3.41. The van der Waals surface area contributed by atoms with Crippen LogP contribution in [-0.4, -0.2) is 36.3 Å². The highest BCUT2D eigenvalue weighted by molar-refractivity contribution is 6.30. The van der Waals surface area contributed by atoms with E-state index in [0.29, 0.717) is 29.4 Å². The average Bonchev–Trinajstić information content (AvgIpc) is 3.04. The molecule has 0 spiro atoms. The fraction of sp³-hybridized carbons (Fsp3) is 0.250. The molecular weight excluding hydrogens is 368 g/mol. The number of carbonyl (C=O) groups is 3. The second-order valence-electron chi connectivity index (χ2n) is 6.36. The summed E-state index contributed by atoms with van der Waals surface area (Å²) in [6.07, 6.45) is 0.163. The van der Waals surface area contributed by atoms with Crippen molar-refractivity contribution in [1.82, 2.24) is 4.90 Å². The quantitative estimate of drug-likeness (QED) is 0.801. The van der Waals surface area contributed by atoms with Crippen LogP contribution in [0.2, 0.25) is 5.02 Å². The number of halogens is 1. The Bertz CT molecular complexity index is 867. The minimum Gasteiger partial charge on any atom is -0.465 e. The predicted molar refractivity (Wildman–Crippen MR) is 101 cm³/mol. The summed E-state index contributed by atoms with van der Waals surface area (Å²) in [6.45, 7) is 0.793. The lowest BCUT2D eigenvalue weighted by Crippen LogP contribution is -2.28. The normalized spacial score (nSPS) is 16.3. The van der Waals surface area contributed by atoms with Gasteiger partial charge in [-0.25, -0.2) is 4.79 Å². The Hall–Kier alpha value is -2.86. The number of esters is 1. The van der Waals surface area contributed by atoms with Gasteiger partial charge in [-0.15, -0.1) is 0 Å². The zero-order chi connectivity index (χ0) is 19.4. The van der Waals surface area contributed by atoms with Gasteiger partial charge in [-0.1, -0.05) is 29.8 Å². The molecule has 1 atom stereocenters. The van der Waals surface area contributed by atoms with Gasteiger partial charge in [0.2, 0.25) is 11.8 Å². The van der Waals surface area contributed by atoms with Gasteiger partial charge in [0.05, 0.1) is 18.6 Å². The SMILES string of the molecule is COC(=O)c1cccc(NC(=O)C2CC(=O)N(Cc3ccc(Cl)cc3)C2)c1. The average molecular weight is 387 g/mol. The zero-order valence-electron chi connectivity index (χ0n) is 14.8. The van der Waals surface area contributed by atoms with Crippen LogP contribution >= 0.6 is 11.6 Å². The Morgan fingerprint density at radius 3 is 2.67 bits per heavy atom. The lowest BCUT2D eigenvalue weighted by Gasteiger charge is -2.17. The molecule has 1 aliphatic rings. The third-order valence-electron chi connectivity index (χ3n) is 4.42. The first kappa shape index (κ1) is 18.9. The molecule has 1 fully saturated rings. The molecule has 2 amide bonds. The molecule has 6 nitrogen and oxygen atoms in total. The van der Waals surface area contributed by atoms with Gasteiger partial charge in [0, 0.05) is 30.2 Å². The lowest BCUT2D eigenvalue weighted by molar-refractivity contribution is -0.128. The molecule has 0 bridgehead atoms. The first-order chi connectivity index (χ1) is 13.0. The Kier molecular flexibility index (Phi) is 5.76. The monoisotopic (exact) mass is 386 g/mol. The first-order valence-electron chi connectivity index (χ1n) is 8.47. The van der Waals surface area contributed by atoms with Crippen LogP contribution in [-0.2, 0) is 20.9 Å². The molecule has 1 unspecified atom stereocenters. The van der Waals surface area contributed by atoms with Crippen molar-refractivity contribution in [3.8, 4) is 0 Å². The summed E-state index contributed by atoms with van der Waals surface area (Å²) in [5.74, 6) is -1.22. The van der Waals surface area contributed by atoms with E-state index < -0.39 is 11.9 Å². The molecule has 0 saturated carbocycles. The maximum atomic E-state index is 12.5. The van der Waals surface area contributed by atoms with Crippen molar-refractivity contribution in [2.45, 2.75) is 13.0 Å². The molecule has 1 saturated heterocycles. The molecule has 2 aromatic carbocycles. The van der Waals surface area contributed by atoms with Crippen molar-refractivity contribution in [3.63, 3.8) is 0 Å². The number of rotatable bonds is 5. The van der Waals surface area contributed by atoms with Gasteiger partial charge in [-0.3, -0.25) is 9.59 Å². The standard InChI is InChI=1S/C20H19ClN2O4/c1-27-20(26)14-3-2-4-17(9-14)22-19(25)15-10-18(24)23(12-15)11-13-5-7-16(21)8-6-13/h2-9,15H,10-12H2,1H3,(H,22,25). The minimum atomic E-state index is -0.476. The fourth-order valence-electron chi connectivity index (χ4n) is 3.00. The number of nitrogens with one attached hydrogen (secondary N) is 1. The fourth-order valence-corrected chi connectivity index (χ4v) is 3.12.